The summed E-state index contributed by atoms with van der Waals surface area (Å²) in [6.45, 7) is 4.04. The number of benzene rings is 3. The summed E-state index contributed by atoms with van der Waals surface area (Å²) in [4.78, 5) is 34.9. The van der Waals surface area contributed by atoms with E-state index >= 15 is 0 Å². The Balaban J connectivity index is 1.83. The first kappa shape index (κ1) is 21.6. The molecule has 0 atom stereocenters. The Kier molecular flexibility index (Phi) is 5.79. The highest BCUT2D eigenvalue weighted by Crippen LogP contribution is 2.33. The molecule has 0 saturated carbocycles. The van der Waals surface area contributed by atoms with E-state index in [-0.39, 0.29) is 33.6 Å². The van der Waals surface area contributed by atoms with E-state index in [0.717, 1.165) is 29.3 Å². The number of ether oxygens (including phenoxy) is 1. The van der Waals surface area contributed by atoms with Gasteiger partial charge in [-0.1, -0.05) is 38.1 Å². The van der Waals surface area contributed by atoms with E-state index in [9.17, 15) is 19.5 Å². The number of carboxylic acids is 2. The van der Waals surface area contributed by atoms with Gasteiger partial charge in [0.25, 0.3) is 0 Å². The third-order valence-electron chi connectivity index (χ3n) is 5.04. The Labute approximate surface area is 178 Å². The number of rotatable bonds is 6. The van der Waals surface area contributed by atoms with Gasteiger partial charge >= 0.3 is 17.9 Å². The van der Waals surface area contributed by atoms with Crippen LogP contribution in [0.4, 0.5) is 0 Å². The van der Waals surface area contributed by atoms with Crippen molar-refractivity contribution >= 4 is 17.9 Å². The van der Waals surface area contributed by atoms with Crippen LogP contribution in [0, 0.1) is 0 Å². The molecule has 0 heterocycles. The van der Waals surface area contributed by atoms with Crippen molar-refractivity contribution in [2.45, 2.75) is 19.3 Å². The third-order valence-corrected chi connectivity index (χ3v) is 5.04. The van der Waals surface area contributed by atoms with Crippen LogP contribution < -0.4 is 4.74 Å². The molecule has 3 aromatic rings. The minimum Gasteiger partial charge on any atom is -0.508 e. The van der Waals surface area contributed by atoms with Crippen molar-refractivity contribution in [2.75, 3.05) is 0 Å². The fourth-order valence-corrected chi connectivity index (χ4v) is 3.14. The molecule has 7 heteroatoms. The number of hydrogen-bond donors (Lipinski definition) is 3. The van der Waals surface area contributed by atoms with Crippen molar-refractivity contribution in [3.63, 3.8) is 0 Å². The van der Waals surface area contributed by atoms with Gasteiger partial charge in [0.05, 0.1) is 16.7 Å². The zero-order chi connectivity index (χ0) is 22.8. The van der Waals surface area contributed by atoms with Crippen molar-refractivity contribution in [1.29, 1.82) is 0 Å². The molecule has 0 aliphatic heterocycles. The Hall–Kier alpha value is -4.13. The lowest BCUT2D eigenvalue weighted by atomic mass is 9.78. The quantitative estimate of drug-likeness (QED) is 0.401. The highest BCUT2D eigenvalue weighted by molar-refractivity contribution is 6.00. The van der Waals surface area contributed by atoms with Crippen LogP contribution >= 0.6 is 0 Å². The van der Waals surface area contributed by atoms with Gasteiger partial charge in [-0.3, -0.25) is 0 Å². The predicted octanol–water partition coefficient (Wildman–Crippen LogP) is 4.33. The van der Waals surface area contributed by atoms with Crippen molar-refractivity contribution in [3.05, 3.63) is 94.5 Å². The zero-order valence-electron chi connectivity index (χ0n) is 16.8. The first-order valence-corrected chi connectivity index (χ1v) is 9.32. The molecule has 7 nitrogen and oxygen atoms in total. The first-order chi connectivity index (χ1) is 14.6. The second-order valence-electron chi connectivity index (χ2n) is 7.50. The van der Waals surface area contributed by atoms with Crippen LogP contribution in [0.1, 0.15) is 56.0 Å². The minimum absolute atomic E-state index is 0.175. The van der Waals surface area contributed by atoms with Crippen molar-refractivity contribution in [1.82, 2.24) is 0 Å². The Morgan fingerprint density at radius 3 is 1.58 bits per heavy atom. The standard InChI is InChI=1S/C24H20O7/c1-24(2,17-3-7-19(25)8-4-17)18-5-9-20(10-6-18)31-23(30)16-12-14(21(26)27)11-15(13-16)22(28)29/h3-13,25H,1-2H3,(H,26,27)(H,28,29). The molecule has 3 aromatic carbocycles. The molecule has 0 aromatic heterocycles. The molecule has 0 bridgehead atoms. The monoisotopic (exact) mass is 420 g/mol. The molecule has 31 heavy (non-hydrogen) atoms. The molecule has 0 fully saturated rings. The number of hydrogen-bond acceptors (Lipinski definition) is 5. The molecule has 0 radical (unpaired) electrons. The normalized spacial score (nSPS) is 11.0. The Morgan fingerprint density at radius 2 is 1.13 bits per heavy atom. The fraction of sp³-hybridized carbons (Fsp3) is 0.125. The zero-order valence-corrected chi connectivity index (χ0v) is 16.8. The smallest absolute Gasteiger partial charge is 0.343 e. The number of carbonyl (C=O) groups excluding carboxylic acids is 1. The van der Waals surface area contributed by atoms with Gasteiger partial charge in [0.15, 0.2) is 0 Å². The summed E-state index contributed by atoms with van der Waals surface area (Å²) in [6.07, 6.45) is 0. The van der Waals surface area contributed by atoms with E-state index in [1.54, 1.807) is 36.4 Å². The predicted molar refractivity (Wildman–Crippen MR) is 112 cm³/mol. The summed E-state index contributed by atoms with van der Waals surface area (Å²) >= 11 is 0. The number of aromatic hydroxyl groups is 1. The van der Waals surface area contributed by atoms with E-state index in [1.807, 2.05) is 26.0 Å². The van der Waals surface area contributed by atoms with Gasteiger partial charge < -0.3 is 20.1 Å². The number of phenolic OH excluding ortho intramolecular Hbond substituents is 1. The largest absolute Gasteiger partial charge is 0.508 e. The maximum Gasteiger partial charge on any atom is 0.343 e. The lowest BCUT2D eigenvalue weighted by molar-refractivity contribution is 0.0696. The molecular formula is C24H20O7. The van der Waals surface area contributed by atoms with Gasteiger partial charge in [-0.2, -0.15) is 0 Å². The summed E-state index contributed by atoms with van der Waals surface area (Å²) in [5.41, 5.74) is 0.741. The van der Waals surface area contributed by atoms with Gasteiger partial charge in [-0.05, 0) is 53.6 Å². The molecule has 0 amide bonds. The third kappa shape index (κ3) is 4.72. The second-order valence-corrected chi connectivity index (χ2v) is 7.50. The minimum atomic E-state index is -1.35. The first-order valence-electron chi connectivity index (χ1n) is 9.32. The molecular weight excluding hydrogens is 400 g/mol. The van der Waals surface area contributed by atoms with Gasteiger partial charge in [0.2, 0.25) is 0 Å². The van der Waals surface area contributed by atoms with Crippen LogP contribution in [0.25, 0.3) is 0 Å². The van der Waals surface area contributed by atoms with Crippen LogP contribution in [0.5, 0.6) is 11.5 Å². The van der Waals surface area contributed by atoms with E-state index in [2.05, 4.69) is 0 Å². The van der Waals surface area contributed by atoms with Crippen molar-refractivity contribution in [3.8, 4) is 11.5 Å². The van der Waals surface area contributed by atoms with E-state index in [4.69, 9.17) is 14.9 Å². The lowest BCUT2D eigenvalue weighted by Gasteiger charge is -2.26. The number of carbonyl (C=O) groups is 3. The number of esters is 1. The van der Waals surface area contributed by atoms with Crippen LogP contribution in [0.3, 0.4) is 0 Å². The highest BCUT2D eigenvalue weighted by Gasteiger charge is 2.23. The van der Waals surface area contributed by atoms with Gasteiger partial charge in [0.1, 0.15) is 11.5 Å². The van der Waals surface area contributed by atoms with E-state index < -0.39 is 17.9 Å². The SMILES string of the molecule is CC(C)(c1ccc(O)cc1)c1ccc(OC(=O)c2cc(C(=O)O)cc(C(=O)O)c2)cc1. The topological polar surface area (TPSA) is 121 Å². The molecule has 0 saturated heterocycles. The summed E-state index contributed by atoms with van der Waals surface area (Å²) < 4.78 is 5.30. The average Bonchev–Trinajstić information content (AvgIpc) is 2.74. The average molecular weight is 420 g/mol. The molecule has 158 valence electrons. The maximum absolute atomic E-state index is 12.5. The van der Waals surface area contributed by atoms with Crippen molar-refractivity contribution < 1.29 is 34.4 Å². The van der Waals surface area contributed by atoms with Gasteiger partial charge in [-0.15, -0.1) is 0 Å². The Bertz CT molecular complexity index is 1110. The maximum atomic E-state index is 12.5. The molecule has 3 N–H and O–H groups in total. The number of carboxylic acid groups (broad SMARTS) is 2. The van der Waals surface area contributed by atoms with E-state index in [1.165, 1.54) is 0 Å². The molecule has 0 spiro atoms. The Morgan fingerprint density at radius 1 is 0.710 bits per heavy atom. The summed E-state index contributed by atoms with van der Waals surface area (Å²) in [6, 6.07) is 16.8. The van der Waals surface area contributed by atoms with Crippen LogP contribution in [-0.4, -0.2) is 33.2 Å². The summed E-state index contributed by atoms with van der Waals surface area (Å²) in [7, 11) is 0. The van der Waals surface area contributed by atoms with Gasteiger partial charge in [-0.25, -0.2) is 14.4 Å². The van der Waals surface area contributed by atoms with Crippen LogP contribution in [-0.2, 0) is 5.41 Å². The van der Waals surface area contributed by atoms with Crippen LogP contribution in [0.2, 0.25) is 0 Å². The summed E-state index contributed by atoms with van der Waals surface area (Å²) in [5, 5.41) is 27.8. The fourth-order valence-electron chi connectivity index (χ4n) is 3.14. The molecule has 0 aliphatic carbocycles. The van der Waals surface area contributed by atoms with E-state index in [0.29, 0.717) is 0 Å². The molecule has 0 unspecified atom stereocenters. The number of phenols is 1. The van der Waals surface area contributed by atoms with Crippen LogP contribution in [0.15, 0.2) is 66.7 Å². The molecule has 3 rings (SSSR count). The molecule has 0 aliphatic rings. The number of aromatic carboxylic acids is 2. The van der Waals surface area contributed by atoms with Crippen molar-refractivity contribution in [2.24, 2.45) is 0 Å². The van der Waals surface area contributed by atoms with Gasteiger partial charge in [0, 0.05) is 5.41 Å². The summed E-state index contributed by atoms with van der Waals surface area (Å²) in [5.74, 6) is -3.15. The second kappa shape index (κ2) is 8.31. The lowest BCUT2D eigenvalue weighted by Crippen LogP contribution is -2.18. The highest BCUT2D eigenvalue weighted by atomic mass is 16.5.